The molecule has 1 N–H and O–H groups in total. The summed E-state index contributed by atoms with van der Waals surface area (Å²) in [4.78, 5) is 26.4. The van der Waals surface area contributed by atoms with Crippen LogP contribution >= 0.6 is 0 Å². The molecular weight excluding hydrogens is 432 g/mol. The first-order valence-electron chi connectivity index (χ1n) is 13.5. The number of hydrogen-bond acceptors (Lipinski definition) is 6. The van der Waals surface area contributed by atoms with Crippen LogP contribution in [0.15, 0.2) is 12.2 Å². The molecule has 4 fully saturated rings. The van der Waals surface area contributed by atoms with Crippen molar-refractivity contribution in [3.05, 3.63) is 12.2 Å². The van der Waals surface area contributed by atoms with Crippen LogP contribution in [0.2, 0.25) is 0 Å². The summed E-state index contributed by atoms with van der Waals surface area (Å²) >= 11 is 0. The van der Waals surface area contributed by atoms with Gasteiger partial charge in [-0.3, -0.25) is 9.59 Å². The van der Waals surface area contributed by atoms with Crippen molar-refractivity contribution in [2.75, 3.05) is 6.61 Å². The van der Waals surface area contributed by atoms with Gasteiger partial charge >= 0.3 is 5.97 Å². The van der Waals surface area contributed by atoms with E-state index in [4.69, 9.17) is 14.2 Å². The summed E-state index contributed by atoms with van der Waals surface area (Å²) < 4.78 is 19.3. The summed E-state index contributed by atoms with van der Waals surface area (Å²) in [5, 5.41) is 10.7. The molecule has 1 saturated carbocycles. The number of unbranched alkanes of at least 4 members (excludes halogenated alkanes) is 4. The van der Waals surface area contributed by atoms with Gasteiger partial charge in [-0.1, -0.05) is 46.1 Å². The summed E-state index contributed by atoms with van der Waals surface area (Å²) in [6.07, 6.45) is 6.46. The van der Waals surface area contributed by atoms with Crippen molar-refractivity contribution in [3.63, 3.8) is 0 Å². The molecule has 0 aromatic heterocycles. The third kappa shape index (κ3) is 4.62. The number of fused-ring (bicyclic) bond motifs is 2. The quantitative estimate of drug-likeness (QED) is 0.324. The van der Waals surface area contributed by atoms with E-state index in [1.165, 1.54) is 12.8 Å². The van der Waals surface area contributed by atoms with Crippen molar-refractivity contribution in [1.29, 1.82) is 0 Å². The van der Waals surface area contributed by atoms with Gasteiger partial charge < -0.3 is 19.3 Å². The Kier molecular flexibility index (Phi) is 7.62. The maximum absolute atomic E-state index is 13.4. The van der Waals surface area contributed by atoms with Gasteiger partial charge in [0.1, 0.15) is 11.2 Å². The van der Waals surface area contributed by atoms with E-state index in [2.05, 4.69) is 27.4 Å². The number of aliphatic hydroxyl groups excluding tert-OH is 1. The van der Waals surface area contributed by atoms with Crippen LogP contribution in [0, 0.1) is 23.7 Å². The molecule has 0 aromatic rings. The van der Waals surface area contributed by atoms with Gasteiger partial charge in [0, 0.05) is 24.7 Å². The molecule has 0 amide bonds. The standard InChI is InChI=1S/C28H44O6/c1-6-7-8-9-10-11-23(31)34-27(4)13-12-19-18(3)16-32-28(5)22(30)15-20(29)17(2)14-21-25(27)24(19)26(28)33-21/h18-21,24-26,29H,2,6-16H2,1,3-5H3/t18-,19-,20+,21-,24-,25-,26-,27-,28-/m0/s1. The van der Waals surface area contributed by atoms with Gasteiger partial charge in [0.2, 0.25) is 0 Å². The minimum atomic E-state index is -1.12. The summed E-state index contributed by atoms with van der Waals surface area (Å²) in [5.74, 6) is 0.362. The Morgan fingerprint density at radius 1 is 1.21 bits per heavy atom. The van der Waals surface area contributed by atoms with Gasteiger partial charge in [-0.2, -0.15) is 0 Å². The van der Waals surface area contributed by atoms with E-state index in [1.54, 1.807) is 0 Å². The Morgan fingerprint density at radius 3 is 2.68 bits per heavy atom. The van der Waals surface area contributed by atoms with Crippen LogP contribution in [-0.4, -0.2) is 53.0 Å². The first-order chi connectivity index (χ1) is 16.1. The van der Waals surface area contributed by atoms with Crippen molar-refractivity contribution < 1.29 is 28.9 Å². The molecule has 9 atom stereocenters. The number of ether oxygens (including phenoxy) is 3. The lowest BCUT2D eigenvalue weighted by atomic mass is 9.58. The van der Waals surface area contributed by atoms with Gasteiger partial charge in [0.05, 0.1) is 24.9 Å². The highest BCUT2D eigenvalue weighted by Gasteiger charge is 2.66. The molecular formula is C28H44O6. The highest BCUT2D eigenvalue weighted by Crippen LogP contribution is 2.59. The molecule has 0 unspecified atom stereocenters. The molecule has 0 aromatic carbocycles. The van der Waals surface area contributed by atoms with Crippen molar-refractivity contribution in [1.82, 2.24) is 0 Å². The molecule has 34 heavy (non-hydrogen) atoms. The zero-order chi connectivity index (χ0) is 24.7. The van der Waals surface area contributed by atoms with Gasteiger partial charge in [0.25, 0.3) is 0 Å². The van der Waals surface area contributed by atoms with Gasteiger partial charge in [-0.15, -0.1) is 0 Å². The fraction of sp³-hybridized carbons (Fsp3) is 0.857. The zero-order valence-corrected chi connectivity index (χ0v) is 21.5. The van der Waals surface area contributed by atoms with Crippen molar-refractivity contribution in [2.24, 2.45) is 23.7 Å². The zero-order valence-electron chi connectivity index (χ0n) is 21.5. The van der Waals surface area contributed by atoms with Crippen molar-refractivity contribution in [3.8, 4) is 0 Å². The van der Waals surface area contributed by atoms with E-state index in [1.807, 2.05) is 6.92 Å². The molecule has 6 heteroatoms. The lowest BCUT2D eigenvalue weighted by Gasteiger charge is -2.49. The first kappa shape index (κ1) is 25.8. The monoisotopic (exact) mass is 476 g/mol. The molecule has 3 saturated heterocycles. The Morgan fingerprint density at radius 2 is 1.94 bits per heavy atom. The molecule has 4 aliphatic rings. The average Bonchev–Trinajstić information content (AvgIpc) is 3.14. The van der Waals surface area contributed by atoms with Crippen LogP contribution in [0.25, 0.3) is 0 Å². The second-order valence-electron chi connectivity index (χ2n) is 11.8. The van der Waals surface area contributed by atoms with E-state index in [9.17, 15) is 14.7 Å². The van der Waals surface area contributed by atoms with Crippen LogP contribution < -0.4 is 0 Å². The fourth-order valence-corrected chi connectivity index (χ4v) is 7.21. The van der Waals surface area contributed by atoms with E-state index in [0.717, 1.165) is 32.1 Å². The summed E-state index contributed by atoms with van der Waals surface area (Å²) in [6, 6.07) is 0. The molecule has 3 aliphatic heterocycles. The van der Waals surface area contributed by atoms with Gasteiger partial charge in [-0.05, 0) is 56.9 Å². The van der Waals surface area contributed by atoms with E-state index in [0.29, 0.717) is 30.9 Å². The number of hydrogen-bond donors (Lipinski definition) is 1. The Bertz CT molecular complexity index is 794. The Hall–Kier alpha value is -1.24. The molecule has 2 bridgehead atoms. The molecule has 3 heterocycles. The van der Waals surface area contributed by atoms with Crippen LogP contribution in [0.3, 0.4) is 0 Å². The Balaban J connectivity index is 1.62. The van der Waals surface area contributed by atoms with Crippen molar-refractivity contribution >= 4 is 11.8 Å². The first-order valence-corrected chi connectivity index (χ1v) is 13.5. The number of carbonyl (C=O) groups is 2. The van der Waals surface area contributed by atoms with E-state index in [-0.39, 0.29) is 42.0 Å². The molecule has 6 nitrogen and oxygen atoms in total. The minimum Gasteiger partial charge on any atom is -0.459 e. The second-order valence-corrected chi connectivity index (χ2v) is 11.8. The number of carbonyl (C=O) groups excluding carboxylic acids is 2. The molecule has 0 spiro atoms. The van der Waals surface area contributed by atoms with Crippen LogP contribution in [-0.2, 0) is 23.8 Å². The maximum Gasteiger partial charge on any atom is 0.306 e. The minimum absolute atomic E-state index is 0.00261. The number of ketones is 1. The van der Waals surface area contributed by atoms with Crippen LogP contribution in [0.5, 0.6) is 0 Å². The maximum atomic E-state index is 13.4. The SMILES string of the molecule is C=C1C[C@@H]2O[C@H]3[C@H]4[C@@H](CC[C@](C)(OC(=O)CCCCCCC)[C@H]42)[C@@H](C)CO[C@@]3(C)C(=O)C[C@H]1O. The highest BCUT2D eigenvalue weighted by atomic mass is 16.6. The Labute approximate surface area is 204 Å². The molecule has 0 radical (unpaired) electrons. The molecule has 192 valence electrons. The lowest BCUT2D eigenvalue weighted by Crippen LogP contribution is -2.56. The fourth-order valence-electron chi connectivity index (χ4n) is 7.21. The predicted octanol–water partition coefficient (Wildman–Crippen LogP) is 4.76. The largest absolute Gasteiger partial charge is 0.459 e. The second kappa shape index (κ2) is 10.0. The van der Waals surface area contributed by atoms with Gasteiger partial charge in [0.15, 0.2) is 5.78 Å². The van der Waals surface area contributed by atoms with Crippen molar-refractivity contribution in [2.45, 2.75) is 121 Å². The van der Waals surface area contributed by atoms with Gasteiger partial charge in [-0.25, -0.2) is 0 Å². The van der Waals surface area contributed by atoms with Crippen LogP contribution in [0.4, 0.5) is 0 Å². The summed E-state index contributed by atoms with van der Waals surface area (Å²) in [5.41, 5.74) is -1.17. The third-order valence-electron chi connectivity index (χ3n) is 9.28. The number of esters is 1. The molecule has 1 aliphatic carbocycles. The predicted molar refractivity (Wildman–Crippen MR) is 129 cm³/mol. The third-order valence-corrected chi connectivity index (χ3v) is 9.28. The number of Topliss-reactive ketones (excluding diaryl/α,β-unsaturated/α-hetero) is 1. The summed E-state index contributed by atoms with van der Waals surface area (Å²) in [7, 11) is 0. The van der Waals surface area contributed by atoms with Crippen LogP contribution in [0.1, 0.15) is 91.9 Å². The summed E-state index contributed by atoms with van der Waals surface area (Å²) in [6.45, 7) is 12.9. The van der Waals surface area contributed by atoms with E-state index >= 15 is 0 Å². The topological polar surface area (TPSA) is 82.1 Å². The lowest BCUT2D eigenvalue weighted by molar-refractivity contribution is -0.176. The highest BCUT2D eigenvalue weighted by molar-refractivity contribution is 5.88. The number of rotatable bonds is 7. The number of aliphatic hydroxyl groups is 1. The van der Waals surface area contributed by atoms with E-state index < -0.39 is 23.4 Å². The molecule has 4 rings (SSSR count). The normalized spacial score (nSPS) is 44.1. The average molecular weight is 477 g/mol. The smallest absolute Gasteiger partial charge is 0.306 e.